The van der Waals surface area contributed by atoms with E-state index in [1.165, 1.54) is 18.1 Å². The summed E-state index contributed by atoms with van der Waals surface area (Å²) in [7, 11) is 0. The third kappa shape index (κ3) is 4.13. The third-order valence-electron chi connectivity index (χ3n) is 5.03. The van der Waals surface area contributed by atoms with E-state index in [9.17, 15) is 0 Å². The second kappa shape index (κ2) is 8.35. The fraction of sp³-hybridized carbons (Fsp3) is 0.200. The first kappa shape index (κ1) is 18.4. The quantitative estimate of drug-likeness (QED) is 0.397. The second-order valence-electron chi connectivity index (χ2n) is 7.19. The fourth-order valence-corrected chi connectivity index (χ4v) is 9.40. The molecule has 1 aliphatic heterocycles. The molecule has 0 atom stereocenters. The van der Waals surface area contributed by atoms with Crippen LogP contribution in [0.2, 0.25) is 0 Å². The predicted octanol–water partition coefficient (Wildman–Crippen LogP) is 3.61. The van der Waals surface area contributed by atoms with Crippen LogP contribution in [0.1, 0.15) is 30.5 Å². The van der Waals surface area contributed by atoms with Crippen molar-refractivity contribution in [3.63, 3.8) is 0 Å². The van der Waals surface area contributed by atoms with Crippen LogP contribution in [0.3, 0.4) is 0 Å². The van der Waals surface area contributed by atoms with Gasteiger partial charge in [0.25, 0.3) is 0 Å². The van der Waals surface area contributed by atoms with E-state index in [0.717, 1.165) is 18.7 Å². The maximum atomic E-state index is 3.78. The molecule has 134 valence electrons. The molecule has 2 heteroatoms. The van der Waals surface area contributed by atoms with E-state index >= 15 is 0 Å². The third-order valence-corrected chi connectivity index (χ3v) is 11.2. The van der Waals surface area contributed by atoms with Crippen LogP contribution in [0.5, 0.6) is 0 Å². The fourth-order valence-electron chi connectivity index (χ4n) is 3.48. The van der Waals surface area contributed by atoms with E-state index in [0.29, 0.717) is 6.04 Å². The molecule has 0 radical (unpaired) electrons. The van der Waals surface area contributed by atoms with Gasteiger partial charge in [-0.3, -0.25) is 0 Å². The Labute approximate surface area is 170 Å². The molecule has 0 saturated heterocycles. The van der Waals surface area contributed by atoms with Crippen LogP contribution in [-0.4, -0.2) is 31.2 Å². The Hall–Kier alpha value is -2.00. The van der Waals surface area contributed by atoms with Crippen LogP contribution >= 0.6 is 0 Å². The molecular formula is C25H24NSb. The van der Waals surface area contributed by atoms with Gasteiger partial charge in [0.05, 0.1) is 0 Å². The van der Waals surface area contributed by atoms with Gasteiger partial charge >= 0.3 is 170 Å². The van der Waals surface area contributed by atoms with E-state index in [1.54, 1.807) is 0 Å². The molecule has 0 N–H and O–H groups in total. The zero-order valence-corrected chi connectivity index (χ0v) is 18.4. The Bertz CT molecular complexity index is 932. The van der Waals surface area contributed by atoms with E-state index in [-0.39, 0.29) is 0 Å². The normalized spacial score (nSPS) is 14.5. The molecule has 1 aliphatic rings. The average Bonchev–Trinajstić information content (AvgIpc) is 2.69. The van der Waals surface area contributed by atoms with Gasteiger partial charge in [-0.25, -0.2) is 0 Å². The molecule has 4 rings (SSSR count). The minimum atomic E-state index is -2.16. The molecule has 27 heavy (non-hydrogen) atoms. The molecule has 1 nitrogen and oxygen atoms in total. The van der Waals surface area contributed by atoms with Gasteiger partial charge in [-0.15, -0.1) is 0 Å². The van der Waals surface area contributed by atoms with E-state index in [2.05, 4.69) is 101 Å². The SMILES string of the molecule is CC(C)N1Cc2cccc[c]2[Sb]([C]#Cc2ccccc2)[c]2ccccc2C1. The van der Waals surface area contributed by atoms with Crippen molar-refractivity contribution < 1.29 is 0 Å². The van der Waals surface area contributed by atoms with Gasteiger partial charge in [0.1, 0.15) is 0 Å². The summed E-state index contributed by atoms with van der Waals surface area (Å²) in [6.07, 6.45) is 0. The summed E-state index contributed by atoms with van der Waals surface area (Å²) in [5.74, 6) is 3.50. The van der Waals surface area contributed by atoms with Crippen molar-refractivity contribution in [1.82, 2.24) is 4.90 Å². The average molecular weight is 460 g/mol. The Morgan fingerprint density at radius 1 is 0.741 bits per heavy atom. The van der Waals surface area contributed by atoms with E-state index < -0.39 is 20.2 Å². The predicted molar refractivity (Wildman–Crippen MR) is 116 cm³/mol. The number of fused-ring (bicyclic) bond motifs is 2. The van der Waals surface area contributed by atoms with Gasteiger partial charge in [-0.1, -0.05) is 0 Å². The van der Waals surface area contributed by atoms with E-state index in [1.807, 2.05) is 6.07 Å². The molecule has 0 aliphatic carbocycles. The van der Waals surface area contributed by atoms with Crippen LogP contribution in [-0.2, 0) is 13.1 Å². The van der Waals surface area contributed by atoms with Crippen molar-refractivity contribution in [3.8, 4) is 9.79 Å². The van der Waals surface area contributed by atoms with Gasteiger partial charge in [-0.05, 0) is 0 Å². The van der Waals surface area contributed by atoms with Crippen molar-refractivity contribution in [3.05, 3.63) is 95.6 Å². The summed E-state index contributed by atoms with van der Waals surface area (Å²) in [6, 6.07) is 28.9. The molecule has 0 saturated carbocycles. The molecule has 3 aromatic carbocycles. The molecule has 3 aromatic rings. The standard InChI is InChI=1S/C17H19N.C8H5.Sb/c1-15(2)18(13-16-9-5-3-6-10-16)14-17-11-7-4-8-12-17;1-2-8-6-4-3-5-7-8;/h3-9,11,15H,13-14H2,1-2H3;3-7H;. The molecule has 0 aromatic heterocycles. The van der Waals surface area contributed by atoms with Crippen LogP contribution in [0.25, 0.3) is 0 Å². The van der Waals surface area contributed by atoms with Crippen LogP contribution < -0.4 is 7.02 Å². The number of hydrogen-bond donors (Lipinski definition) is 0. The van der Waals surface area contributed by atoms with E-state index in [4.69, 9.17) is 0 Å². The van der Waals surface area contributed by atoms with Gasteiger partial charge in [0, 0.05) is 0 Å². The Morgan fingerprint density at radius 3 is 1.81 bits per heavy atom. The topological polar surface area (TPSA) is 3.24 Å². The first-order chi connectivity index (χ1) is 13.2. The first-order valence-corrected chi connectivity index (χ1v) is 13.3. The van der Waals surface area contributed by atoms with Crippen molar-refractivity contribution in [2.24, 2.45) is 0 Å². The zero-order valence-electron chi connectivity index (χ0n) is 15.9. The summed E-state index contributed by atoms with van der Waals surface area (Å²) in [5.41, 5.74) is 4.04. The number of nitrogens with zero attached hydrogens (tertiary/aromatic N) is 1. The van der Waals surface area contributed by atoms with Crippen molar-refractivity contribution in [2.45, 2.75) is 33.0 Å². The monoisotopic (exact) mass is 459 g/mol. The molecular weight excluding hydrogens is 436 g/mol. The van der Waals surface area contributed by atoms with Crippen LogP contribution in [0, 0.1) is 9.79 Å². The van der Waals surface area contributed by atoms with Gasteiger partial charge < -0.3 is 0 Å². The molecule has 0 fully saturated rings. The van der Waals surface area contributed by atoms with Crippen molar-refractivity contribution >= 4 is 27.2 Å². The summed E-state index contributed by atoms with van der Waals surface area (Å²) < 4.78 is 6.81. The van der Waals surface area contributed by atoms with Crippen molar-refractivity contribution in [2.75, 3.05) is 0 Å². The number of hydrogen-bond acceptors (Lipinski definition) is 1. The molecule has 0 spiro atoms. The molecule has 0 unspecified atom stereocenters. The Kier molecular flexibility index (Phi) is 5.68. The second-order valence-corrected chi connectivity index (χ2v) is 12.5. The van der Waals surface area contributed by atoms with Crippen LogP contribution in [0.15, 0.2) is 78.9 Å². The Morgan fingerprint density at radius 2 is 1.26 bits per heavy atom. The number of benzene rings is 3. The van der Waals surface area contributed by atoms with Gasteiger partial charge in [0.2, 0.25) is 0 Å². The first-order valence-electron chi connectivity index (χ1n) is 9.49. The van der Waals surface area contributed by atoms with Crippen molar-refractivity contribution in [1.29, 1.82) is 0 Å². The zero-order chi connectivity index (χ0) is 18.6. The van der Waals surface area contributed by atoms with Gasteiger partial charge in [-0.2, -0.15) is 0 Å². The summed E-state index contributed by atoms with van der Waals surface area (Å²) in [5, 5.41) is 0. The van der Waals surface area contributed by atoms with Gasteiger partial charge in [0.15, 0.2) is 0 Å². The molecule has 0 bridgehead atoms. The molecule has 0 amide bonds. The van der Waals surface area contributed by atoms with Crippen LogP contribution in [0.4, 0.5) is 0 Å². The molecule has 1 heterocycles. The summed E-state index contributed by atoms with van der Waals surface area (Å²) in [6.45, 7) is 6.60. The summed E-state index contributed by atoms with van der Waals surface area (Å²) >= 11 is -2.16. The Balaban J connectivity index is 1.86. The maximum absolute atomic E-state index is 3.78. The number of rotatable bonds is 1. The minimum absolute atomic E-state index is 0.519. The summed E-state index contributed by atoms with van der Waals surface area (Å²) in [4.78, 5) is 2.57.